The number of hydrogen-bond acceptors (Lipinski definition) is 5. The van der Waals surface area contributed by atoms with Crippen LogP contribution in [0.5, 0.6) is 5.75 Å². The van der Waals surface area contributed by atoms with Gasteiger partial charge in [0.1, 0.15) is 23.8 Å². The Bertz CT molecular complexity index is 642. The molecule has 2 aromatic heterocycles. The highest BCUT2D eigenvalue weighted by Gasteiger charge is 2.16. The Labute approximate surface area is 116 Å². The molecule has 0 aliphatic carbocycles. The van der Waals surface area contributed by atoms with Crippen LogP contribution in [0, 0.1) is 20.8 Å². The number of furan rings is 1. The van der Waals surface area contributed by atoms with E-state index in [1.54, 1.807) is 17.7 Å². The minimum absolute atomic E-state index is 0.228. The van der Waals surface area contributed by atoms with E-state index in [2.05, 4.69) is 10.5 Å². The smallest absolute Gasteiger partial charge is 0.268 e. The lowest BCUT2D eigenvalue weighted by atomic mass is 10.2. The Balaban J connectivity index is 2.13. The first-order valence-corrected chi connectivity index (χ1v) is 6.17. The molecule has 108 valence electrons. The van der Waals surface area contributed by atoms with Crippen LogP contribution in [0.1, 0.15) is 33.3 Å². The highest BCUT2D eigenvalue weighted by molar-refractivity contribution is 5.94. The number of aromatic nitrogens is 2. The first-order valence-electron chi connectivity index (χ1n) is 6.17. The van der Waals surface area contributed by atoms with E-state index in [4.69, 9.17) is 15.0 Å². The van der Waals surface area contributed by atoms with Gasteiger partial charge in [-0.1, -0.05) is 0 Å². The van der Waals surface area contributed by atoms with Crippen molar-refractivity contribution in [3.8, 4) is 5.75 Å². The molecule has 0 aromatic carbocycles. The van der Waals surface area contributed by atoms with E-state index in [9.17, 15) is 4.79 Å². The number of rotatable bonds is 4. The molecule has 0 unspecified atom stereocenters. The molecule has 0 spiro atoms. The van der Waals surface area contributed by atoms with Crippen LogP contribution < -0.4 is 16.0 Å². The molecule has 0 saturated heterocycles. The number of nitrogens with one attached hydrogen (secondary N) is 1. The number of nitrogens with two attached hydrogens (primary N) is 1. The molecule has 2 heterocycles. The summed E-state index contributed by atoms with van der Waals surface area (Å²) in [7, 11) is 1.86. The monoisotopic (exact) mass is 278 g/mol. The molecule has 2 rings (SSSR count). The normalized spacial score (nSPS) is 10.7. The number of ether oxygens (including phenoxy) is 1. The zero-order valence-electron chi connectivity index (χ0n) is 12.0. The quantitative estimate of drug-likeness (QED) is 0.496. The van der Waals surface area contributed by atoms with Crippen molar-refractivity contribution in [2.24, 2.45) is 12.9 Å². The van der Waals surface area contributed by atoms with Crippen molar-refractivity contribution in [2.75, 3.05) is 0 Å². The van der Waals surface area contributed by atoms with Gasteiger partial charge in [-0.15, -0.1) is 0 Å². The Hall–Kier alpha value is -2.28. The summed E-state index contributed by atoms with van der Waals surface area (Å²) in [6, 6.07) is 1.62. The van der Waals surface area contributed by atoms with E-state index in [-0.39, 0.29) is 12.5 Å². The van der Waals surface area contributed by atoms with Gasteiger partial charge in [0.25, 0.3) is 5.91 Å². The lowest BCUT2D eigenvalue weighted by Crippen LogP contribution is -2.30. The minimum Gasteiger partial charge on any atom is -0.482 e. The Morgan fingerprint density at radius 3 is 2.75 bits per heavy atom. The fraction of sp³-hybridized carbons (Fsp3) is 0.385. The van der Waals surface area contributed by atoms with E-state index < -0.39 is 0 Å². The van der Waals surface area contributed by atoms with Crippen LogP contribution in [0.2, 0.25) is 0 Å². The Morgan fingerprint density at radius 2 is 2.20 bits per heavy atom. The summed E-state index contributed by atoms with van der Waals surface area (Å²) in [5, 5.41) is 4.27. The predicted molar refractivity (Wildman–Crippen MR) is 72.1 cm³/mol. The molecule has 0 atom stereocenters. The summed E-state index contributed by atoms with van der Waals surface area (Å²) in [4.78, 5) is 11.5. The van der Waals surface area contributed by atoms with E-state index in [0.717, 1.165) is 17.1 Å². The third-order valence-corrected chi connectivity index (χ3v) is 3.15. The number of carbonyl (C=O) groups excluding carboxylic acids is 1. The molecule has 7 nitrogen and oxygen atoms in total. The highest BCUT2D eigenvalue weighted by Crippen LogP contribution is 2.23. The molecule has 0 fully saturated rings. The van der Waals surface area contributed by atoms with Gasteiger partial charge in [-0.25, -0.2) is 5.84 Å². The van der Waals surface area contributed by atoms with Crippen LogP contribution in [0.15, 0.2) is 10.5 Å². The number of amides is 1. The number of nitrogen functional groups attached to an aromatic ring is 1. The number of nitrogens with zero attached hydrogens (tertiary/aromatic N) is 2. The van der Waals surface area contributed by atoms with Crippen LogP contribution in [0.4, 0.5) is 0 Å². The Kier molecular flexibility index (Phi) is 3.80. The summed E-state index contributed by atoms with van der Waals surface area (Å²) in [6.07, 6.45) is 0. The largest absolute Gasteiger partial charge is 0.482 e. The third-order valence-electron chi connectivity index (χ3n) is 3.15. The van der Waals surface area contributed by atoms with E-state index in [0.29, 0.717) is 17.1 Å². The van der Waals surface area contributed by atoms with Crippen molar-refractivity contribution < 1.29 is 13.9 Å². The fourth-order valence-electron chi connectivity index (χ4n) is 2.02. The first-order chi connectivity index (χ1) is 9.43. The second-order valence-corrected chi connectivity index (χ2v) is 4.57. The van der Waals surface area contributed by atoms with Crippen molar-refractivity contribution in [1.29, 1.82) is 0 Å². The van der Waals surface area contributed by atoms with Gasteiger partial charge < -0.3 is 9.15 Å². The SMILES string of the molecule is Cc1nn(C)c(C)c1OCc1cc(C(=O)NN)c(C)o1. The molecule has 20 heavy (non-hydrogen) atoms. The second-order valence-electron chi connectivity index (χ2n) is 4.57. The van der Waals surface area contributed by atoms with E-state index >= 15 is 0 Å². The van der Waals surface area contributed by atoms with Crippen molar-refractivity contribution in [2.45, 2.75) is 27.4 Å². The number of hydrazine groups is 1. The zero-order valence-corrected chi connectivity index (χ0v) is 12.0. The second kappa shape index (κ2) is 5.38. The van der Waals surface area contributed by atoms with Crippen LogP contribution >= 0.6 is 0 Å². The number of aryl methyl sites for hydroxylation is 3. The molecule has 1 amide bonds. The van der Waals surface area contributed by atoms with Crippen LogP contribution in [0.3, 0.4) is 0 Å². The summed E-state index contributed by atoms with van der Waals surface area (Å²) in [5.41, 5.74) is 4.23. The highest BCUT2D eigenvalue weighted by atomic mass is 16.5. The lowest BCUT2D eigenvalue weighted by Gasteiger charge is -2.04. The molecule has 0 aliphatic heterocycles. The summed E-state index contributed by atoms with van der Waals surface area (Å²) < 4.78 is 12.9. The van der Waals surface area contributed by atoms with Crippen molar-refractivity contribution in [3.63, 3.8) is 0 Å². The molecule has 0 bridgehead atoms. The van der Waals surface area contributed by atoms with Gasteiger partial charge in [-0.2, -0.15) is 5.10 Å². The molecular formula is C13H18N4O3. The predicted octanol–water partition coefficient (Wildman–Crippen LogP) is 1.12. The maximum Gasteiger partial charge on any atom is 0.268 e. The van der Waals surface area contributed by atoms with Crippen molar-refractivity contribution in [1.82, 2.24) is 15.2 Å². The fourth-order valence-corrected chi connectivity index (χ4v) is 2.02. The van der Waals surface area contributed by atoms with E-state index in [1.807, 2.05) is 20.9 Å². The molecular weight excluding hydrogens is 260 g/mol. The maximum atomic E-state index is 11.5. The van der Waals surface area contributed by atoms with E-state index in [1.165, 1.54) is 0 Å². The summed E-state index contributed by atoms with van der Waals surface area (Å²) >= 11 is 0. The van der Waals surface area contributed by atoms with Gasteiger partial charge in [0.2, 0.25) is 0 Å². The van der Waals surface area contributed by atoms with Gasteiger partial charge in [0.15, 0.2) is 5.75 Å². The first kappa shape index (κ1) is 14.1. The molecule has 2 aromatic rings. The lowest BCUT2D eigenvalue weighted by molar-refractivity contribution is 0.0952. The molecule has 7 heteroatoms. The Morgan fingerprint density at radius 1 is 1.50 bits per heavy atom. The zero-order chi connectivity index (χ0) is 14.9. The van der Waals surface area contributed by atoms with Gasteiger partial charge in [0, 0.05) is 7.05 Å². The van der Waals surface area contributed by atoms with Crippen LogP contribution in [-0.2, 0) is 13.7 Å². The van der Waals surface area contributed by atoms with Crippen LogP contribution in [0.25, 0.3) is 0 Å². The minimum atomic E-state index is -0.383. The third kappa shape index (κ3) is 2.53. The number of hydrogen-bond donors (Lipinski definition) is 2. The van der Waals surface area contributed by atoms with Crippen molar-refractivity contribution in [3.05, 3.63) is 34.5 Å². The van der Waals surface area contributed by atoms with Gasteiger partial charge in [0.05, 0.1) is 11.3 Å². The van der Waals surface area contributed by atoms with Crippen LogP contribution in [-0.4, -0.2) is 15.7 Å². The standard InChI is InChI=1S/C13H18N4O3/c1-7-12(8(2)17(4)16-7)19-6-10-5-11(9(3)20-10)13(18)15-14/h5H,6,14H2,1-4H3,(H,15,18). The average Bonchev–Trinajstić information content (AvgIpc) is 2.89. The summed E-state index contributed by atoms with van der Waals surface area (Å²) in [6.45, 7) is 5.74. The molecule has 0 radical (unpaired) electrons. The number of carbonyl (C=O) groups is 1. The molecule has 0 saturated carbocycles. The van der Waals surface area contributed by atoms with Gasteiger partial charge in [-0.05, 0) is 26.8 Å². The average molecular weight is 278 g/mol. The topological polar surface area (TPSA) is 95.3 Å². The van der Waals surface area contributed by atoms with Gasteiger partial charge in [-0.3, -0.25) is 14.9 Å². The maximum absolute atomic E-state index is 11.5. The molecule has 0 aliphatic rings. The summed E-state index contributed by atoms with van der Waals surface area (Å²) in [5.74, 6) is 6.52. The van der Waals surface area contributed by atoms with Crippen molar-refractivity contribution >= 4 is 5.91 Å². The van der Waals surface area contributed by atoms with Gasteiger partial charge >= 0.3 is 0 Å². The molecule has 3 N–H and O–H groups in total.